The van der Waals surface area contributed by atoms with Gasteiger partial charge < -0.3 is 4.74 Å². The number of anilines is 1. The molecule has 0 radical (unpaired) electrons. The van der Waals surface area contributed by atoms with E-state index in [0.717, 1.165) is 10.4 Å². The highest BCUT2D eigenvalue weighted by Gasteiger charge is 2.29. The summed E-state index contributed by atoms with van der Waals surface area (Å²) in [5.41, 5.74) is -0.206. The third-order valence-corrected chi connectivity index (χ3v) is 4.87. The maximum Gasteiger partial charge on any atom is 0.327 e. The number of sulfonamides is 1. The van der Waals surface area contributed by atoms with Gasteiger partial charge in [0.25, 0.3) is 10.0 Å². The Bertz CT molecular complexity index is 806. The molecule has 7 heteroatoms. The van der Waals surface area contributed by atoms with Crippen LogP contribution in [0.3, 0.4) is 0 Å². The van der Waals surface area contributed by atoms with Crippen molar-refractivity contribution in [3.63, 3.8) is 0 Å². The molecule has 0 aromatic heterocycles. The molecule has 0 aliphatic carbocycles. The SMILES string of the molecule is CC(C)OC(=O)CN(c1ccccc1F)S(=O)(=O)c1ccccc1. The lowest BCUT2D eigenvalue weighted by molar-refractivity contribution is -0.145. The Morgan fingerprint density at radius 2 is 1.67 bits per heavy atom. The molecule has 2 aromatic rings. The van der Waals surface area contributed by atoms with Crippen LogP contribution in [0.1, 0.15) is 13.8 Å². The van der Waals surface area contributed by atoms with Crippen LogP contribution in [-0.4, -0.2) is 27.0 Å². The van der Waals surface area contributed by atoms with E-state index in [2.05, 4.69) is 0 Å². The van der Waals surface area contributed by atoms with Crippen LogP contribution in [0.2, 0.25) is 0 Å². The summed E-state index contributed by atoms with van der Waals surface area (Å²) in [6.07, 6.45) is -0.403. The third kappa shape index (κ3) is 4.11. The first-order valence-corrected chi connectivity index (χ1v) is 8.78. The highest BCUT2D eigenvalue weighted by Crippen LogP contribution is 2.26. The van der Waals surface area contributed by atoms with E-state index in [4.69, 9.17) is 4.74 Å². The monoisotopic (exact) mass is 351 g/mol. The lowest BCUT2D eigenvalue weighted by Gasteiger charge is -2.24. The fraction of sp³-hybridized carbons (Fsp3) is 0.235. The van der Waals surface area contributed by atoms with Gasteiger partial charge in [0.15, 0.2) is 0 Å². The van der Waals surface area contributed by atoms with Gasteiger partial charge in [0.1, 0.15) is 12.4 Å². The van der Waals surface area contributed by atoms with Crippen molar-refractivity contribution in [3.8, 4) is 0 Å². The Kier molecular flexibility index (Phi) is 5.56. The minimum atomic E-state index is -4.11. The molecule has 0 saturated heterocycles. The second-order valence-corrected chi connectivity index (χ2v) is 7.18. The van der Waals surface area contributed by atoms with E-state index in [9.17, 15) is 17.6 Å². The van der Waals surface area contributed by atoms with Crippen LogP contribution >= 0.6 is 0 Å². The molecular weight excluding hydrogens is 333 g/mol. The van der Waals surface area contributed by atoms with Crippen molar-refractivity contribution in [2.75, 3.05) is 10.8 Å². The van der Waals surface area contributed by atoms with Crippen LogP contribution in [0.4, 0.5) is 10.1 Å². The number of carbonyl (C=O) groups excluding carboxylic acids is 1. The number of carbonyl (C=O) groups is 1. The molecule has 0 N–H and O–H groups in total. The van der Waals surface area contributed by atoms with Gasteiger partial charge in [-0.05, 0) is 38.1 Å². The average Bonchev–Trinajstić information content (AvgIpc) is 2.53. The van der Waals surface area contributed by atoms with E-state index in [1.807, 2.05) is 0 Å². The number of hydrogen-bond donors (Lipinski definition) is 0. The first kappa shape index (κ1) is 17.9. The minimum Gasteiger partial charge on any atom is -0.462 e. The van der Waals surface area contributed by atoms with E-state index in [1.54, 1.807) is 32.0 Å². The van der Waals surface area contributed by atoms with Crippen molar-refractivity contribution >= 4 is 21.7 Å². The van der Waals surface area contributed by atoms with E-state index < -0.39 is 34.5 Å². The largest absolute Gasteiger partial charge is 0.462 e. The van der Waals surface area contributed by atoms with Gasteiger partial charge in [-0.25, -0.2) is 12.8 Å². The fourth-order valence-corrected chi connectivity index (χ4v) is 3.53. The third-order valence-electron chi connectivity index (χ3n) is 3.09. The summed E-state index contributed by atoms with van der Waals surface area (Å²) in [4.78, 5) is 11.9. The predicted octanol–water partition coefficient (Wildman–Crippen LogP) is 2.97. The normalized spacial score (nSPS) is 11.3. The number of para-hydroxylation sites is 1. The molecule has 24 heavy (non-hydrogen) atoms. The van der Waals surface area contributed by atoms with Gasteiger partial charge in [-0.2, -0.15) is 0 Å². The maximum absolute atomic E-state index is 14.1. The van der Waals surface area contributed by atoms with E-state index in [1.165, 1.54) is 30.3 Å². The molecule has 0 fully saturated rings. The van der Waals surface area contributed by atoms with Gasteiger partial charge >= 0.3 is 5.97 Å². The number of esters is 1. The lowest BCUT2D eigenvalue weighted by Crippen LogP contribution is -2.37. The fourth-order valence-electron chi connectivity index (χ4n) is 2.09. The maximum atomic E-state index is 14.1. The van der Waals surface area contributed by atoms with Crippen molar-refractivity contribution in [2.45, 2.75) is 24.8 Å². The van der Waals surface area contributed by atoms with Crippen molar-refractivity contribution < 1.29 is 22.3 Å². The van der Waals surface area contributed by atoms with Gasteiger partial charge in [0, 0.05) is 0 Å². The van der Waals surface area contributed by atoms with Crippen LogP contribution in [0.15, 0.2) is 59.5 Å². The zero-order chi connectivity index (χ0) is 17.7. The number of ether oxygens (including phenoxy) is 1. The second kappa shape index (κ2) is 7.44. The van der Waals surface area contributed by atoms with Crippen LogP contribution in [0, 0.1) is 5.82 Å². The molecule has 0 heterocycles. The van der Waals surface area contributed by atoms with Crippen molar-refractivity contribution in [3.05, 3.63) is 60.4 Å². The number of nitrogens with zero attached hydrogens (tertiary/aromatic N) is 1. The smallest absolute Gasteiger partial charge is 0.327 e. The minimum absolute atomic E-state index is 0.0365. The highest BCUT2D eigenvalue weighted by atomic mass is 32.2. The van der Waals surface area contributed by atoms with E-state index in [0.29, 0.717) is 0 Å². The van der Waals surface area contributed by atoms with E-state index in [-0.39, 0.29) is 10.6 Å². The van der Waals surface area contributed by atoms with Crippen LogP contribution < -0.4 is 4.31 Å². The Hall–Kier alpha value is -2.41. The molecule has 2 aromatic carbocycles. The molecule has 0 saturated carbocycles. The molecule has 0 aliphatic heterocycles. The van der Waals surface area contributed by atoms with Crippen LogP contribution in [-0.2, 0) is 19.6 Å². The van der Waals surface area contributed by atoms with Gasteiger partial charge in [0.05, 0.1) is 16.7 Å². The predicted molar refractivity (Wildman–Crippen MR) is 88.6 cm³/mol. The molecule has 0 amide bonds. The number of benzene rings is 2. The number of hydrogen-bond acceptors (Lipinski definition) is 4. The van der Waals surface area contributed by atoms with Gasteiger partial charge in [-0.15, -0.1) is 0 Å². The van der Waals surface area contributed by atoms with E-state index >= 15 is 0 Å². The summed E-state index contributed by atoms with van der Waals surface area (Å²) < 4.78 is 45.6. The average molecular weight is 351 g/mol. The lowest BCUT2D eigenvalue weighted by atomic mass is 10.3. The number of halogens is 1. The Morgan fingerprint density at radius 3 is 2.25 bits per heavy atom. The first-order valence-electron chi connectivity index (χ1n) is 7.34. The first-order chi connectivity index (χ1) is 11.3. The molecule has 128 valence electrons. The summed E-state index contributed by atoms with van der Waals surface area (Å²) in [6.45, 7) is 2.68. The van der Waals surface area contributed by atoms with Crippen LogP contribution in [0.25, 0.3) is 0 Å². The summed E-state index contributed by atoms with van der Waals surface area (Å²) in [5.74, 6) is -1.50. The molecule has 0 atom stereocenters. The standard InChI is InChI=1S/C17H18FNO4S/c1-13(2)23-17(20)12-19(16-11-7-6-10-15(16)18)24(21,22)14-8-4-3-5-9-14/h3-11,13H,12H2,1-2H3. The molecule has 0 unspecified atom stereocenters. The van der Waals surface area contributed by atoms with Gasteiger partial charge in [-0.3, -0.25) is 9.10 Å². The van der Waals surface area contributed by atoms with Gasteiger partial charge in [0.2, 0.25) is 0 Å². The summed E-state index contributed by atoms with van der Waals surface area (Å²) in [5, 5.41) is 0. The van der Waals surface area contributed by atoms with Crippen molar-refractivity contribution in [2.24, 2.45) is 0 Å². The quantitative estimate of drug-likeness (QED) is 0.751. The van der Waals surface area contributed by atoms with Crippen molar-refractivity contribution in [1.82, 2.24) is 0 Å². The zero-order valence-electron chi connectivity index (χ0n) is 13.3. The number of rotatable bonds is 6. The molecular formula is C17H18FNO4S. The summed E-state index contributed by atoms with van der Waals surface area (Å²) in [6, 6.07) is 12.9. The van der Waals surface area contributed by atoms with Crippen LogP contribution in [0.5, 0.6) is 0 Å². The Morgan fingerprint density at radius 1 is 1.08 bits per heavy atom. The highest BCUT2D eigenvalue weighted by molar-refractivity contribution is 7.92. The molecule has 0 aliphatic rings. The molecule has 2 rings (SSSR count). The summed E-state index contributed by atoms with van der Waals surface area (Å²) in [7, 11) is -4.11. The Labute approximate surface area is 140 Å². The second-order valence-electron chi connectivity index (χ2n) is 5.31. The van der Waals surface area contributed by atoms with Crippen molar-refractivity contribution in [1.29, 1.82) is 0 Å². The molecule has 5 nitrogen and oxygen atoms in total. The Balaban J connectivity index is 2.47. The zero-order valence-corrected chi connectivity index (χ0v) is 14.2. The molecule has 0 bridgehead atoms. The topological polar surface area (TPSA) is 63.7 Å². The molecule has 0 spiro atoms. The summed E-state index contributed by atoms with van der Waals surface area (Å²) >= 11 is 0. The van der Waals surface area contributed by atoms with Gasteiger partial charge in [-0.1, -0.05) is 30.3 Å².